The lowest BCUT2D eigenvalue weighted by molar-refractivity contribution is 0.0733. The molecule has 0 saturated carbocycles. The molecule has 4 aromatic rings. The van der Waals surface area contributed by atoms with Crippen molar-refractivity contribution in [1.29, 1.82) is 0 Å². The number of nitrogen functional groups attached to an aromatic ring is 2. The number of ether oxygens (including phenoxy) is 3. The Kier molecular flexibility index (Phi) is 5.85. The van der Waals surface area contributed by atoms with Crippen LogP contribution in [0.4, 0.5) is 11.4 Å². The highest BCUT2D eigenvalue weighted by atomic mass is 16.5. The van der Waals surface area contributed by atoms with Crippen LogP contribution in [-0.2, 0) is 0 Å². The van der Waals surface area contributed by atoms with Gasteiger partial charge in [-0.2, -0.15) is 0 Å². The van der Waals surface area contributed by atoms with Crippen molar-refractivity contribution in [2.45, 2.75) is 0 Å². The smallest absolute Gasteiger partial charge is 0.343 e. The minimum atomic E-state index is -0.668. The third-order valence-electron chi connectivity index (χ3n) is 4.44. The van der Waals surface area contributed by atoms with Crippen LogP contribution in [0.1, 0.15) is 10.4 Å². The predicted molar refractivity (Wildman–Crippen MR) is 121 cm³/mol. The van der Waals surface area contributed by atoms with Gasteiger partial charge in [-0.15, -0.1) is 0 Å². The van der Waals surface area contributed by atoms with E-state index >= 15 is 0 Å². The lowest BCUT2D eigenvalue weighted by Crippen LogP contribution is -2.09. The summed E-state index contributed by atoms with van der Waals surface area (Å²) >= 11 is 0. The van der Waals surface area contributed by atoms with E-state index in [4.69, 9.17) is 25.7 Å². The molecular weight excluding hydrogens is 426 g/mol. The number of carbonyl (C=O) groups excluding carboxylic acids is 1. The SMILES string of the molecule is Nc1ccc(Oc2cc(Oc3ccc(N)c(O)c3)cc(C(=O)Oc3cccnc3)c2)cc1O. The standard InChI is InChI=1S/C24H19N3O6/c25-20-5-3-15(11-22(20)28)31-18-8-14(24(30)33-17-2-1-7-27-13-17)9-19(10-18)32-16-4-6-21(26)23(29)12-16/h1-13,28-29H,25-26H2. The van der Waals surface area contributed by atoms with Gasteiger partial charge in [-0.25, -0.2) is 4.79 Å². The Morgan fingerprint density at radius 1 is 0.727 bits per heavy atom. The van der Waals surface area contributed by atoms with Gasteiger partial charge in [0, 0.05) is 24.4 Å². The Morgan fingerprint density at radius 3 is 1.79 bits per heavy atom. The molecule has 33 heavy (non-hydrogen) atoms. The number of anilines is 2. The number of phenolic OH excluding ortho intramolecular Hbond substituents is 2. The van der Waals surface area contributed by atoms with Crippen LogP contribution < -0.4 is 25.7 Å². The number of carbonyl (C=O) groups is 1. The van der Waals surface area contributed by atoms with Crippen molar-refractivity contribution in [2.75, 3.05) is 11.5 Å². The fraction of sp³-hybridized carbons (Fsp3) is 0. The van der Waals surface area contributed by atoms with Gasteiger partial charge in [0.05, 0.1) is 23.1 Å². The largest absolute Gasteiger partial charge is 0.506 e. The summed E-state index contributed by atoms with van der Waals surface area (Å²) < 4.78 is 16.9. The minimum Gasteiger partial charge on any atom is -0.506 e. The van der Waals surface area contributed by atoms with Crippen molar-refractivity contribution in [3.05, 3.63) is 84.7 Å². The Hall–Kier alpha value is -4.92. The van der Waals surface area contributed by atoms with Crippen molar-refractivity contribution in [2.24, 2.45) is 0 Å². The molecule has 166 valence electrons. The van der Waals surface area contributed by atoms with Gasteiger partial charge < -0.3 is 35.9 Å². The Labute approximate surface area is 188 Å². The van der Waals surface area contributed by atoms with E-state index in [0.29, 0.717) is 0 Å². The molecule has 3 aromatic carbocycles. The molecule has 0 radical (unpaired) electrons. The number of hydrogen-bond acceptors (Lipinski definition) is 9. The van der Waals surface area contributed by atoms with Crippen LogP contribution in [0.2, 0.25) is 0 Å². The summed E-state index contributed by atoms with van der Waals surface area (Å²) in [5.74, 6) is 0.346. The topological polar surface area (TPSA) is 150 Å². The van der Waals surface area contributed by atoms with E-state index in [0.717, 1.165) is 0 Å². The summed E-state index contributed by atoms with van der Waals surface area (Å²) in [6.45, 7) is 0. The quantitative estimate of drug-likeness (QED) is 0.191. The molecule has 1 aromatic heterocycles. The lowest BCUT2D eigenvalue weighted by atomic mass is 10.2. The van der Waals surface area contributed by atoms with Crippen molar-refractivity contribution >= 4 is 17.3 Å². The number of aromatic hydroxyl groups is 2. The van der Waals surface area contributed by atoms with Gasteiger partial charge in [0.1, 0.15) is 40.2 Å². The molecule has 0 amide bonds. The molecule has 0 aliphatic rings. The first kappa shape index (κ1) is 21.3. The number of benzene rings is 3. The highest BCUT2D eigenvalue weighted by Crippen LogP contribution is 2.34. The van der Waals surface area contributed by atoms with Gasteiger partial charge in [0.15, 0.2) is 0 Å². The highest BCUT2D eigenvalue weighted by Gasteiger charge is 2.15. The number of aromatic nitrogens is 1. The number of hydrogen-bond donors (Lipinski definition) is 4. The molecule has 0 saturated heterocycles. The summed E-state index contributed by atoms with van der Waals surface area (Å²) in [6.07, 6.45) is 2.96. The third kappa shape index (κ3) is 5.23. The maximum Gasteiger partial charge on any atom is 0.343 e. The zero-order valence-electron chi connectivity index (χ0n) is 17.1. The van der Waals surface area contributed by atoms with Crippen molar-refractivity contribution < 1.29 is 29.2 Å². The van der Waals surface area contributed by atoms with Crippen LogP contribution in [0.3, 0.4) is 0 Å². The zero-order chi connectivity index (χ0) is 23.4. The van der Waals surface area contributed by atoms with Crippen LogP contribution in [0.15, 0.2) is 79.1 Å². The fourth-order valence-corrected chi connectivity index (χ4v) is 2.83. The molecule has 0 atom stereocenters. The fourth-order valence-electron chi connectivity index (χ4n) is 2.83. The van der Waals surface area contributed by atoms with Gasteiger partial charge in [-0.1, -0.05) is 0 Å². The second kappa shape index (κ2) is 9.06. The monoisotopic (exact) mass is 445 g/mol. The van der Waals surface area contributed by atoms with Gasteiger partial charge in [-0.3, -0.25) is 4.98 Å². The summed E-state index contributed by atoms with van der Waals surface area (Å²) in [7, 11) is 0. The summed E-state index contributed by atoms with van der Waals surface area (Å²) in [5.41, 5.74) is 11.8. The van der Waals surface area contributed by atoms with E-state index in [1.807, 2.05) is 0 Å². The third-order valence-corrected chi connectivity index (χ3v) is 4.44. The van der Waals surface area contributed by atoms with Crippen LogP contribution in [0.25, 0.3) is 0 Å². The second-order valence-electron chi connectivity index (χ2n) is 6.92. The molecule has 0 spiro atoms. The Bertz CT molecular complexity index is 1240. The first-order chi connectivity index (χ1) is 15.9. The van der Waals surface area contributed by atoms with Crippen molar-refractivity contribution in [3.63, 3.8) is 0 Å². The van der Waals surface area contributed by atoms with Crippen molar-refractivity contribution in [1.82, 2.24) is 4.98 Å². The van der Waals surface area contributed by atoms with E-state index in [9.17, 15) is 15.0 Å². The molecule has 9 nitrogen and oxygen atoms in total. The second-order valence-corrected chi connectivity index (χ2v) is 6.92. The average Bonchev–Trinajstić information content (AvgIpc) is 2.79. The van der Waals surface area contributed by atoms with Crippen molar-refractivity contribution in [3.8, 4) is 40.2 Å². The highest BCUT2D eigenvalue weighted by molar-refractivity contribution is 5.92. The summed E-state index contributed by atoms with van der Waals surface area (Å²) in [4.78, 5) is 16.7. The van der Waals surface area contributed by atoms with Gasteiger partial charge in [-0.05, 0) is 48.5 Å². The van der Waals surface area contributed by atoms with E-state index in [1.165, 1.54) is 48.7 Å². The predicted octanol–water partition coefficient (Wildman–Crippen LogP) is 4.46. The van der Waals surface area contributed by atoms with Gasteiger partial charge >= 0.3 is 5.97 Å². The van der Waals surface area contributed by atoms with E-state index in [2.05, 4.69) is 4.98 Å². The summed E-state index contributed by atoms with van der Waals surface area (Å²) in [5, 5.41) is 19.7. The number of esters is 1. The normalized spacial score (nSPS) is 10.4. The van der Waals surface area contributed by atoms with Crippen LogP contribution in [0.5, 0.6) is 40.2 Å². The first-order valence-corrected chi connectivity index (χ1v) is 9.67. The van der Waals surface area contributed by atoms with E-state index < -0.39 is 5.97 Å². The maximum absolute atomic E-state index is 12.7. The number of nitrogens with zero attached hydrogens (tertiary/aromatic N) is 1. The number of rotatable bonds is 6. The number of nitrogens with two attached hydrogens (primary N) is 2. The van der Waals surface area contributed by atoms with Gasteiger partial charge in [0.25, 0.3) is 0 Å². The Balaban J connectivity index is 1.67. The number of pyridine rings is 1. The molecule has 4 rings (SSSR count). The molecule has 9 heteroatoms. The van der Waals surface area contributed by atoms with Crippen LogP contribution in [0, 0.1) is 0 Å². The molecule has 0 unspecified atom stereocenters. The molecule has 6 N–H and O–H groups in total. The van der Waals surface area contributed by atoms with E-state index in [1.54, 1.807) is 30.5 Å². The van der Waals surface area contributed by atoms with Crippen LogP contribution >= 0.6 is 0 Å². The molecule has 0 aliphatic heterocycles. The molecule has 1 heterocycles. The van der Waals surface area contributed by atoms with E-state index in [-0.39, 0.29) is 57.2 Å². The molecule has 0 fully saturated rings. The minimum absolute atomic E-state index is 0.130. The molecule has 0 aliphatic carbocycles. The van der Waals surface area contributed by atoms with Gasteiger partial charge in [0.2, 0.25) is 0 Å². The molecule has 0 bridgehead atoms. The lowest BCUT2D eigenvalue weighted by Gasteiger charge is -2.13. The zero-order valence-corrected chi connectivity index (χ0v) is 17.1. The molecular formula is C24H19N3O6. The average molecular weight is 445 g/mol. The van der Waals surface area contributed by atoms with Crippen LogP contribution in [-0.4, -0.2) is 21.2 Å². The Morgan fingerprint density at radius 2 is 1.30 bits per heavy atom. The maximum atomic E-state index is 12.7. The first-order valence-electron chi connectivity index (χ1n) is 9.67. The summed E-state index contributed by atoms with van der Waals surface area (Å²) in [6, 6.07) is 16.5. The number of phenols is 2.